The largest absolute Gasteiger partial charge is 0.462 e. The molecule has 0 saturated carbocycles. The van der Waals surface area contributed by atoms with Crippen molar-refractivity contribution in [1.29, 1.82) is 0 Å². The Hall–Kier alpha value is -3.67. The first-order valence-electron chi connectivity index (χ1n) is 31.7. The van der Waals surface area contributed by atoms with E-state index in [1.54, 1.807) is 0 Å². The van der Waals surface area contributed by atoms with Gasteiger partial charge in [-0.05, 0) is 96.3 Å². The molecule has 0 aromatic heterocycles. The normalized spacial score (nSPS) is 12.7. The second kappa shape index (κ2) is 62.9. The van der Waals surface area contributed by atoms with Gasteiger partial charge in [0, 0.05) is 19.3 Å². The zero-order valence-electron chi connectivity index (χ0n) is 49.3. The third kappa shape index (κ3) is 61.1. The van der Waals surface area contributed by atoms with Crippen molar-refractivity contribution in [3.63, 3.8) is 0 Å². The van der Waals surface area contributed by atoms with Gasteiger partial charge in [0.15, 0.2) is 6.10 Å². The molecule has 0 N–H and O–H groups in total. The van der Waals surface area contributed by atoms with E-state index in [1.807, 2.05) is 0 Å². The van der Waals surface area contributed by atoms with Gasteiger partial charge in [-0.25, -0.2) is 0 Å². The molecular formula is C69H118O6. The molecule has 0 heterocycles. The van der Waals surface area contributed by atoms with Crippen molar-refractivity contribution < 1.29 is 28.6 Å². The summed E-state index contributed by atoms with van der Waals surface area (Å²) < 4.78 is 16.8. The first kappa shape index (κ1) is 71.3. The van der Waals surface area contributed by atoms with Crippen molar-refractivity contribution in [2.75, 3.05) is 13.2 Å². The second-order valence-corrected chi connectivity index (χ2v) is 20.9. The van der Waals surface area contributed by atoms with E-state index in [0.717, 1.165) is 122 Å². The van der Waals surface area contributed by atoms with Gasteiger partial charge in [0.2, 0.25) is 0 Å². The molecule has 6 nitrogen and oxygen atoms in total. The lowest BCUT2D eigenvalue weighted by molar-refractivity contribution is -0.167. The average molecular weight is 1040 g/mol. The van der Waals surface area contributed by atoms with Gasteiger partial charge in [-0.2, -0.15) is 0 Å². The van der Waals surface area contributed by atoms with E-state index < -0.39 is 6.10 Å². The maximum atomic E-state index is 12.8. The number of rotatable bonds is 57. The van der Waals surface area contributed by atoms with E-state index in [9.17, 15) is 14.4 Å². The standard InChI is InChI=1S/C69H118O6/c1-4-7-10-13-16-18-20-22-24-26-27-28-29-30-31-32-33-34-35-36-37-38-39-40-41-43-44-46-48-50-53-56-59-62-68(71)74-65-66(64-73-67(70)61-58-55-52-15-12-9-6-3)75-69(72)63-60-57-54-51-49-47-45-42-25-23-21-19-17-14-11-8-5-2/h7-8,10-11,16-19,22-25,27-28,45,47,66H,4-6,9,12-15,20-21,26,29-44,46,48-65H2,1-3H3/b10-7-,11-8-,18-16-,19-17-,24-22-,25-23-,28-27-,47-45-. The van der Waals surface area contributed by atoms with Crippen LogP contribution < -0.4 is 0 Å². The summed E-state index contributed by atoms with van der Waals surface area (Å²) in [5.41, 5.74) is 0. The zero-order chi connectivity index (χ0) is 54.3. The summed E-state index contributed by atoms with van der Waals surface area (Å²) in [7, 11) is 0. The number of esters is 3. The van der Waals surface area contributed by atoms with Crippen LogP contribution >= 0.6 is 0 Å². The lowest BCUT2D eigenvalue weighted by atomic mass is 10.0. The number of allylic oxidation sites excluding steroid dienone is 16. The Morgan fingerprint density at radius 3 is 0.813 bits per heavy atom. The fraction of sp³-hybridized carbons (Fsp3) is 0.725. The highest BCUT2D eigenvalue weighted by Gasteiger charge is 2.19. The molecule has 0 fully saturated rings. The summed E-state index contributed by atoms with van der Waals surface area (Å²) in [5.74, 6) is -0.906. The van der Waals surface area contributed by atoms with Crippen molar-refractivity contribution in [1.82, 2.24) is 0 Å². The van der Waals surface area contributed by atoms with Gasteiger partial charge >= 0.3 is 17.9 Å². The van der Waals surface area contributed by atoms with Crippen molar-refractivity contribution in [3.05, 3.63) is 97.2 Å². The molecule has 1 atom stereocenters. The van der Waals surface area contributed by atoms with E-state index in [2.05, 4.69) is 118 Å². The average Bonchev–Trinajstić information content (AvgIpc) is 3.41. The molecule has 0 rings (SSSR count). The Balaban J connectivity index is 4.03. The second-order valence-electron chi connectivity index (χ2n) is 20.9. The van der Waals surface area contributed by atoms with Gasteiger partial charge in [-0.3, -0.25) is 14.4 Å². The van der Waals surface area contributed by atoms with Gasteiger partial charge in [-0.1, -0.05) is 285 Å². The molecule has 0 aromatic rings. The number of hydrogen-bond acceptors (Lipinski definition) is 6. The van der Waals surface area contributed by atoms with Crippen molar-refractivity contribution in [2.45, 2.75) is 309 Å². The molecule has 0 bridgehead atoms. The number of carbonyl (C=O) groups is 3. The Morgan fingerprint density at radius 2 is 0.520 bits per heavy atom. The molecule has 0 aliphatic rings. The monoisotopic (exact) mass is 1040 g/mol. The fourth-order valence-corrected chi connectivity index (χ4v) is 8.90. The minimum atomic E-state index is -0.786. The van der Waals surface area contributed by atoms with Crippen molar-refractivity contribution >= 4 is 17.9 Å². The van der Waals surface area contributed by atoms with E-state index in [0.29, 0.717) is 19.3 Å². The van der Waals surface area contributed by atoms with Crippen LogP contribution in [0.2, 0.25) is 0 Å². The fourth-order valence-electron chi connectivity index (χ4n) is 8.90. The van der Waals surface area contributed by atoms with Crippen LogP contribution in [-0.4, -0.2) is 37.2 Å². The SMILES string of the molecule is CC/C=C\C/C=C\C/C=C\C/C=C\CCCCCCCCCCCCCCCCCCCCCCC(=O)OCC(COC(=O)CCCCCCCCC)OC(=O)CCCCCC/C=C\C/C=C\C/C=C\C/C=C\CC. The summed E-state index contributed by atoms with van der Waals surface area (Å²) in [4.78, 5) is 38.0. The number of hydrogen-bond donors (Lipinski definition) is 0. The molecule has 0 radical (unpaired) electrons. The summed E-state index contributed by atoms with van der Waals surface area (Å²) >= 11 is 0. The third-order valence-corrected chi connectivity index (χ3v) is 13.6. The third-order valence-electron chi connectivity index (χ3n) is 13.6. The molecule has 0 amide bonds. The van der Waals surface area contributed by atoms with E-state index in [-0.39, 0.29) is 31.1 Å². The van der Waals surface area contributed by atoms with Crippen molar-refractivity contribution in [2.24, 2.45) is 0 Å². The highest BCUT2D eigenvalue weighted by molar-refractivity contribution is 5.71. The molecule has 1 unspecified atom stereocenters. The molecule has 430 valence electrons. The highest BCUT2D eigenvalue weighted by atomic mass is 16.6. The molecule has 0 aliphatic heterocycles. The molecule has 0 aromatic carbocycles. The Labute approximate surface area is 464 Å². The van der Waals surface area contributed by atoms with Gasteiger partial charge in [0.1, 0.15) is 13.2 Å². The lowest BCUT2D eigenvalue weighted by Crippen LogP contribution is -2.30. The van der Waals surface area contributed by atoms with Gasteiger partial charge in [-0.15, -0.1) is 0 Å². The van der Waals surface area contributed by atoms with Crippen LogP contribution in [0.25, 0.3) is 0 Å². The van der Waals surface area contributed by atoms with E-state index in [1.165, 1.54) is 141 Å². The molecular weight excluding hydrogens is 925 g/mol. The lowest BCUT2D eigenvalue weighted by Gasteiger charge is -2.18. The maximum Gasteiger partial charge on any atom is 0.306 e. The van der Waals surface area contributed by atoms with Gasteiger partial charge in [0.05, 0.1) is 0 Å². The van der Waals surface area contributed by atoms with Crippen LogP contribution in [0, 0.1) is 0 Å². The van der Waals surface area contributed by atoms with Crippen molar-refractivity contribution in [3.8, 4) is 0 Å². The Kier molecular flexibility index (Phi) is 59.8. The zero-order valence-corrected chi connectivity index (χ0v) is 49.3. The predicted molar refractivity (Wildman–Crippen MR) is 325 cm³/mol. The van der Waals surface area contributed by atoms with Crippen LogP contribution in [0.3, 0.4) is 0 Å². The van der Waals surface area contributed by atoms with E-state index in [4.69, 9.17) is 14.2 Å². The van der Waals surface area contributed by atoms with Crippen LogP contribution in [0.1, 0.15) is 303 Å². The Morgan fingerprint density at radius 1 is 0.280 bits per heavy atom. The first-order valence-corrected chi connectivity index (χ1v) is 31.7. The molecule has 0 aliphatic carbocycles. The smallest absolute Gasteiger partial charge is 0.306 e. The number of unbranched alkanes of at least 4 members (excludes halogenated alkanes) is 30. The topological polar surface area (TPSA) is 78.9 Å². The molecule has 6 heteroatoms. The van der Waals surface area contributed by atoms with Crippen LogP contribution in [0.4, 0.5) is 0 Å². The quantitative estimate of drug-likeness (QED) is 0.0261. The first-order chi connectivity index (χ1) is 37.0. The minimum absolute atomic E-state index is 0.0839. The Bertz CT molecular complexity index is 1480. The number of carbonyl (C=O) groups excluding carboxylic acids is 3. The van der Waals surface area contributed by atoms with Gasteiger partial charge in [0.25, 0.3) is 0 Å². The maximum absolute atomic E-state index is 12.8. The summed E-state index contributed by atoms with van der Waals surface area (Å²) in [6, 6.07) is 0. The molecule has 0 saturated heterocycles. The summed E-state index contributed by atoms with van der Waals surface area (Å²) in [5, 5.41) is 0. The van der Waals surface area contributed by atoms with E-state index >= 15 is 0 Å². The molecule has 0 spiro atoms. The van der Waals surface area contributed by atoms with Gasteiger partial charge < -0.3 is 14.2 Å². The summed E-state index contributed by atoms with van der Waals surface area (Å²) in [6.45, 7) is 6.37. The predicted octanol–water partition coefficient (Wildman–Crippen LogP) is 21.7. The minimum Gasteiger partial charge on any atom is -0.462 e. The summed E-state index contributed by atoms with van der Waals surface area (Å²) in [6.07, 6.45) is 84.6. The van der Waals surface area contributed by atoms with Crippen LogP contribution in [-0.2, 0) is 28.6 Å². The van der Waals surface area contributed by atoms with Crippen LogP contribution in [0.5, 0.6) is 0 Å². The number of ether oxygens (including phenoxy) is 3. The van der Waals surface area contributed by atoms with Crippen LogP contribution in [0.15, 0.2) is 97.2 Å². The highest BCUT2D eigenvalue weighted by Crippen LogP contribution is 2.17. The molecule has 75 heavy (non-hydrogen) atoms.